The third-order valence-corrected chi connectivity index (χ3v) is 5.50. The predicted octanol–water partition coefficient (Wildman–Crippen LogP) is 3.87. The van der Waals surface area contributed by atoms with Crippen molar-refractivity contribution in [3.05, 3.63) is 0 Å². The molecule has 24 heavy (non-hydrogen) atoms. The maximum atomic E-state index is 10.4. The summed E-state index contributed by atoms with van der Waals surface area (Å²) in [5, 5.41) is 0. The molecule has 0 aliphatic carbocycles. The molecule has 0 aliphatic rings. The van der Waals surface area contributed by atoms with Crippen LogP contribution in [0.15, 0.2) is 0 Å². The van der Waals surface area contributed by atoms with Gasteiger partial charge in [0.15, 0.2) is 0 Å². The van der Waals surface area contributed by atoms with E-state index < -0.39 is 8.03 Å². The van der Waals surface area contributed by atoms with Gasteiger partial charge in [-0.1, -0.05) is 116 Å². The molecule has 0 aromatic heterocycles. The minimum Gasteiger partial charge on any atom is -0.802 e. The van der Waals surface area contributed by atoms with Crippen LogP contribution in [0.3, 0.4) is 0 Å². The van der Waals surface area contributed by atoms with E-state index in [1.807, 2.05) is 0 Å². The van der Waals surface area contributed by atoms with E-state index in [4.69, 9.17) is 0 Å². The molecule has 0 saturated heterocycles. The second-order valence-electron chi connectivity index (χ2n) is 7.13. The summed E-state index contributed by atoms with van der Waals surface area (Å²) in [4.78, 5) is 10.4. The van der Waals surface area contributed by atoms with Crippen LogP contribution in [0.25, 0.3) is 0 Å². The van der Waals surface area contributed by atoms with Gasteiger partial charge in [0.05, 0.1) is 0 Å². The maximum absolute atomic E-state index is 10.4. The van der Waals surface area contributed by atoms with E-state index in [9.17, 15) is 9.46 Å². The maximum Gasteiger partial charge on any atom is 1.00 e. The quantitative estimate of drug-likeness (QED) is 0.197. The van der Waals surface area contributed by atoms with Gasteiger partial charge in [0.1, 0.15) is 0 Å². The molecule has 1 atom stereocenters. The molecule has 0 bridgehead atoms. The molecule has 2 nitrogen and oxygen atoms in total. The van der Waals surface area contributed by atoms with Gasteiger partial charge in [-0.25, -0.2) is 0 Å². The average molecular weight is 369 g/mol. The van der Waals surface area contributed by atoms with Gasteiger partial charge in [0.2, 0.25) is 0 Å². The minimum atomic E-state index is -2.46. The largest absolute Gasteiger partial charge is 1.00 e. The Morgan fingerprint density at radius 2 is 0.792 bits per heavy atom. The van der Waals surface area contributed by atoms with Crippen molar-refractivity contribution in [2.45, 2.75) is 122 Å². The zero-order chi connectivity index (χ0) is 17.0. The van der Waals surface area contributed by atoms with E-state index in [2.05, 4.69) is 6.92 Å². The molecule has 0 aromatic rings. The Balaban J connectivity index is 0. The van der Waals surface area contributed by atoms with Crippen LogP contribution in [0.4, 0.5) is 0 Å². The van der Waals surface area contributed by atoms with Crippen molar-refractivity contribution < 1.29 is 39.0 Å². The van der Waals surface area contributed by atoms with Gasteiger partial charge in [-0.05, 0) is 12.6 Å². The van der Waals surface area contributed by atoms with E-state index in [0.29, 0.717) is 6.16 Å². The van der Waals surface area contributed by atoms with Crippen molar-refractivity contribution in [3.8, 4) is 0 Å². The van der Waals surface area contributed by atoms with E-state index in [1.54, 1.807) is 0 Å². The summed E-state index contributed by atoms with van der Waals surface area (Å²) in [7, 11) is -2.46. The van der Waals surface area contributed by atoms with Crippen molar-refractivity contribution in [1.29, 1.82) is 0 Å². The van der Waals surface area contributed by atoms with Gasteiger partial charge >= 0.3 is 29.6 Å². The molecule has 0 saturated carbocycles. The summed E-state index contributed by atoms with van der Waals surface area (Å²) in [6.45, 7) is 2.28. The number of rotatable bonds is 19. The number of unbranched alkanes of at least 4 members (excludes halogenated alkanes) is 17. The smallest absolute Gasteiger partial charge is 0.802 e. The van der Waals surface area contributed by atoms with Gasteiger partial charge < -0.3 is 9.46 Å². The van der Waals surface area contributed by atoms with Crippen molar-refractivity contribution in [2.75, 3.05) is 6.16 Å². The zero-order valence-electron chi connectivity index (χ0n) is 16.8. The molecule has 140 valence electrons. The van der Waals surface area contributed by atoms with Crippen LogP contribution in [0, 0.1) is 0 Å². The molecule has 0 N–H and O–H groups in total. The van der Waals surface area contributed by atoms with E-state index >= 15 is 0 Å². The van der Waals surface area contributed by atoms with Crippen molar-refractivity contribution in [2.24, 2.45) is 0 Å². The molecule has 0 amide bonds. The Kier molecular flexibility index (Phi) is 27.6. The molecule has 0 spiro atoms. The van der Waals surface area contributed by atoms with Crippen LogP contribution in [0.5, 0.6) is 0 Å². The zero-order valence-corrected chi connectivity index (χ0v) is 19.8. The third kappa shape index (κ3) is 25.4. The van der Waals surface area contributed by atoms with E-state index in [1.165, 1.54) is 103 Å². The van der Waals surface area contributed by atoms with E-state index in [-0.39, 0.29) is 29.6 Å². The van der Waals surface area contributed by atoms with Crippen LogP contribution in [0.2, 0.25) is 0 Å². The molecule has 0 rings (SSSR count). The normalized spacial score (nSPS) is 12.1. The van der Waals surface area contributed by atoms with Crippen molar-refractivity contribution in [3.63, 3.8) is 0 Å². The third-order valence-electron chi connectivity index (χ3n) is 4.73. The molecule has 0 aliphatic heterocycles. The Bertz CT molecular complexity index is 250. The monoisotopic (exact) mass is 368 g/mol. The number of hydrogen-bond donors (Lipinski definition) is 0. The summed E-state index contributed by atoms with van der Waals surface area (Å²) in [5.74, 6) is 0. The minimum absolute atomic E-state index is 0. The molecule has 0 radical (unpaired) electrons. The number of hydrogen-bond acceptors (Lipinski definition) is 2. The molecular weight excluding hydrogens is 326 g/mol. The molecule has 0 aromatic carbocycles. The van der Waals surface area contributed by atoms with Crippen molar-refractivity contribution >= 4 is 8.03 Å². The summed E-state index contributed by atoms with van der Waals surface area (Å²) >= 11 is 0. The first-order valence-corrected chi connectivity index (χ1v) is 12.0. The topological polar surface area (TPSA) is 40.1 Å². The Labute approximate surface area is 175 Å². The Hall–Kier alpha value is 1.19. The summed E-state index contributed by atoms with van der Waals surface area (Å²) in [6, 6.07) is 0. The van der Waals surface area contributed by atoms with Crippen LogP contribution < -0.4 is 34.5 Å². The van der Waals surface area contributed by atoms with Gasteiger partial charge in [-0.3, -0.25) is 0 Å². The average Bonchev–Trinajstić information content (AvgIpc) is 2.53. The Morgan fingerprint density at radius 1 is 0.542 bits per heavy atom. The molecule has 0 fully saturated rings. The van der Waals surface area contributed by atoms with Crippen LogP contribution in [-0.4, -0.2) is 6.16 Å². The van der Waals surface area contributed by atoms with Gasteiger partial charge in [-0.2, -0.15) is 0 Å². The summed E-state index contributed by atoms with van der Waals surface area (Å²) in [5.41, 5.74) is 0. The fourth-order valence-electron chi connectivity index (χ4n) is 3.17. The summed E-state index contributed by atoms with van der Waals surface area (Å²) in [6.07, 6.45) is 24.7. The standard InChI is InChI=1S/C20H43O2P.Na/c1-2-3-4-5-6-7-8-9-10-11-12-13-14-15-16-17-18-19-20-23(21)22;/h23H,2-20H2,1H3,(H,21,22);/q;+1/p-1. The fraction of sp³-hybridized carbons (Fsp3) is 1.00. The first-order chi connectivity index (χ1) is 11.3. The molecule has 1 unspecified atom stereocenters. The molecule has 4 heteroatoms. The molecule has 0 heterocycles. The second-order valence-corrected chi connectivity index (χ2v) is 8.38. The predicted molar refractivity (Wildman–Crippen MR) is 103 cm³/mol. The van der Waals surface area contributed by atoms with Crippen LogP contribution in [-0.2, 0) is 4.57 Å². The SMILES string of the molecule is CCCCCCCCCCCCCCCCCCCC[PH](=O)[O-].[Na+]. The molecular formula is C20H42NaO2P. The van der Waals surface area contributed by atoms with Crippen LogP contribution >= 0.6 is 8.03 Å². The second kappa shape index (κ2) is 24.2. The Morgan fingerprint density at radius 3 is 1.04 bits per heavy atom. The van der Waals surface area contributed by atoms with Crippen LogP contribution in [0.1, 0.15) is 122 Å². The first kappa shape index (κ1) is 27.4. The fourth-order valence-corrected chi connectivity index (χ4v) is 3.71. The van der Waals surface area contributed by atoms with E-state index in [0.717, 1.165) is 12.8 Å². The van der Waals surface area contributed by atoms with Gasteiger partial charge in [-0.15, -0.1) is 0 Å². The van der Waals surface area contributed by atoms with Gasteiger partial charge in [0.25, 0.3) is 0 Å². The summed E-state index contributed by atoms with van der Waals surface area (Å²) < 4.78 is 10.4. The van der Waals surface area contributed by atoms with Gasteiger partial charge in [0, 0.05) is 8.03 Å². The first-order valence-electron chi connectivity index (χ1n) is 10.5. The van der Waals surface area contributed by atoms with Crippen molar-refractivity contribution in [1.82, 2.24) is 0 Å².